The minimum absolute atomic E-state index is 0.170. The zero-order valence-corrected chi connectivity index (χ0v) is 9.36. The van der Waals surface area contributed by atoms with E-state index in [0.29, 0.717) is 0 Å². The van der Waals surface area contributed by atoms with Gasteiger partial charge in [-0.25, -0.2) is 4.98 Å². The van der Waals surface area contributed by atoms with Crippen LogP contribution in [0.25, 0.3) is 5.52 Å². The van der Waals surface area contributed by atoms with Gasteiger partial charge in [0.1, 0.15) is 5.82 Å². The molecule has 0 fully saturated rings. The Kier molecular flexibility index (Phi) is 2.18. The molecule has 0 aromatic carbocycles. The monoisotopic (exact) mass is 204 g/mol. The van der Waals surface area contributed by atoms with Crippen LogP contribution in [-0.4, -0.2) is 14.5 Å². The van der Waals surface area contributed by atoms with Gasteiger partial charge in [-0.05, 0) is 17.5 Å². The van der Waals surface area contributed by atoms with E-state index < -0.39 is 0 Å². The van der Waals surface area contributed by atoms with Crippen molar-refractivity contribution >= 4 is 5.52 Å². The largest absolute Gasteiger partial charge is 0.494 e. The minimum atomic E-state index is 0.170. The average molecular weight is 204 g/mol. The van der Waals surface area contributed by atoms with Crippen molar-refractivity contribution in [3.8, 4) is 5.88 Å². The van der Waals surface area contributed by atoms with Gasteiger partial charge in [-0.15, -0.1) is 0 Å². The summed E-state index contributed by atoms with van der Waals surface area (Å²) in [7, 11) is 0. The highest BCUT2D eigenvalue weighted by atomic mass is 16.3. The van der Waals surface area contributed by atoms with Crippen LogP contribution in [-0.2, 0) is 6.42 Å². The zero-order valence-electron chi connectivity index (χ0n) is 9.36. The van der Waals surface area contributed by atoms with Crippen molar-refractivity contribution in [1.82, 2.24) is 9.38 Å². The van der Waals surface area contributed by atoms with Crippen LogP contribution in [0.5, 0.6) is 5.88 Å². The van der Waals surface area contributed by atoms with E-state index >= 15 is 0 Å². The lowest BCUT2D eigenvalue weighted by Crippen LogP contribution is -2.12. The van der Waals surface area contributed by atoms with Crippen LogP contribution in [0.15, 0.2) is 24.4 Å². The normalized spacial score (nSPS) is 12.2. The van der Waals surface area contributed by atoms with Gasteiger partial charge in [0.2, 0.25) is 0 Å². The molecule has 0 aliphatic heterocycles. The molecule has 15 heavy (non-hydrogen) atoms. The lowest BCUT2D eigenvalue weighted by atomic mass is 9.92. The molecule has 0 unspecified atom stereocenters. The number of fused-ring (bicyclic) bond motifs is 1. The molecule has 0 spiro atoms. The standard InChI is InChI=1S/C12H16N2O/c1-12(2,3)7-10-13-8-9-5-4-6-11(15)14(9)10/h4-6,8,15H,7H2,1-3H3. The summed E-state index contributed by atoms with van der Waals surface area (Å²) >= 11 is 0. The van der Waals surface area contributed by atoms with Crippen molar-refractivity contribution in [3.63, 3.8) is 0 Å². The van der Waals surface area contributed by atoms with Gasteiger partial charge in [0.05, 0.1) is 11.7 Å². The Balaban J connectivity index is 2.53. The van der Waals surface area contributed by atoms with E-state index in [2.05, 4.69) is 25.8 Å². The third kappa shape index (κ3) is 1.96. The highest BCUT2D eigenvalue weighted by molar-refractivity contribution is 5.48. The fourth-order valence-corrected chi connectivity index (χ4v) is 1.69. The molecule has 0 aliphatic carbocycles. The summed E-state index contributed by atoms with van der Waals surface area (Å²) in [4.78, 5) is 4.34. The fraction of sp³-hybridized carbons (Fsp3) is 0.417. The van der Waals surface area contributed by atoms with Gasteiger partial charge < -0.3 is 5.11 Å². The predicted octanol–water partition coefficient (Wildman–Crippen LogP) is 2.63. The van der Waals surface area contributed by atoms with Crippen LogP contribution in [0, 0.1) is 5.41 Å². The maximum atomic E-state index is 9.76. The van der Waals surface area contributed by atoms with Crippen molar-refractivity contribution in [2.24, 2.45) is 5.41 Å². The molecule has 0 saturated heterocycles. The van der Waals surface area contributed by atoms with E-state index in [1.54, 1.807) is 16.7 Å². The first-order valence-electron chi connectivity index (χ1n) is 5.12. The summed E-state index contributed by atoms with van der Waals surface area (Å²) in [5.74, 6) is 1.17. The second-order valence-electron chi connectivity index (χ2n) is 5.06. The number of nitrogens with zero attached hydrogens (tertiary/aromatic N) is 2. The highest BCUT2D eigenvalue weighted by Crippen LogP contribution is 2.23. The molecule has 0 aliphatic rings. The molecule has 0 atom stereocenters. The Morgan fingerprint density at radius 1 is 1.33 bits per heavy atom. The molecule has 3 nitrogen and oxygen atoms in total. The lowest BCUT2D eigenvalue weighted by Gasteiger charge is -2.17. The van der Waals surface area contributed by atoms with Gasteiger partial charge in [-0.1, -0.05) is 26.8 Å². The van der Waals surface area contributed by atoms with Gasteiger partial charge >= 0.3 is 0 Å². The van der Waals surface area contributed by atoms with Gasteiger partial charge in [0, 0.05) is 6.42 Å². The second kappa shape index (κ2) is 3.26. The molecular weight excluding hydrogens is 188 g/mol. The number of hydrogen-bond donors (Lipinski definition) is 1. The number of aromatic hydroxyl groups is 1. The van der Waals surface area contributed by atoms with Crippen molar-refractivity contribution < 1.29 is 5.11 Å². The minimum Gasteiger partial charge on any atom is -0.494 e. The summed E-state index contributed by atoms with van der Waals surface area (Å²) in [6.07, 6.45) is 2.64. The Morgan fingerprint density at radius 3 is 2.73 bits per heavy atom. The summed E-state index contributed by atoms with van der Waals surface area (Å²) in [5.41, 5.74) is 1.11. The molecule has 0 radical (unpaired) electrons. The van der Waals surface area contributed by atoms with E-state index in [4.69, 9.17) is 0 Å². The van der Waals surface area contributed by atoms with E-state index in [-0.39, 0.29) is 11.3 Å². The first-order chi connectivity index (χ1) is 6.97. The summed E-state index contributed by atoms with van der Waals surface area (Å²) < 4.78 is 1.80. The van der Waals surface area contributed by atoms with Crippen LogP contribution in [0.1, 0.15) is 26.6 Å². The van der Waals surface area contributed by atoms with Gasteiger partial charge in [-0.3, -0.25) is 4.40 Å². The summed E-state index contributed by atoms with van der Waals surface area (Å²) in [5, 5.41) is 9.76. The molecule has 0 saturated carbocycles. The Bertz CT molecular complexity index is 480. The van der Waals surface area contributed by atoms with Crippen molar-refractivity contribution in [3.05, 3.63) is 30.2 Å². The Morgan fingerprint density at radius 2 is 2.07 bits per heavy atom. The molecular formula is C12H16N2O. The number of imidazole rings is 1. The first-order valence-corrected chi connectivity index (χ1v) is 5.12. The topological polar surface area (TPSA) is 37.5 Å². The molecule has 0 bridgehead atoms. The summed E-state index contributed by atoms with van der Waals surface area (Å²) in [6.45, 7) is 6.48. The molecule has 80 valence electrons. The van der Waals surface area contributed by atoms with Gasteiger partial charge in [-0.2, -0.15) is 0 Å². The van der Waals surface area contributed by atoms with Crippen LogP contribution in [0.3, 0.4) is 0 Å². The highest BCUT2D eigenvalue weighted by Gasteiger charge is 2.16. The molecule has 2 aromatic rings. The van der Waals surface area contributed by atoms with Crippen molar-refractivity contribution in [1.29, 1.82) is 0 Å². The SMILES string of the molecule is CC(C)(C)Cc1ncc2cccc(O)n12. The summed E-state index contributed by atoms with van der Waals surface area (Å²) in [6, 6.07) is 5.45. The number of hydrogen-bond acceptors (Lipinski definition) is 2. The molecule has 0 amide bonds. The van der Waals surface area contributed by atoms with Crippen LogP contribution in [0.2, 0.25) is 0 Å². The van der Waals surface area contributed by atoms with Gasteiger partial charge in [0.25, 0.3) is 0 Å². The van der Waals surface area contributed by atoms with E-state index in [1.807, 2.05) is 12.1 Å². The first kappa shape index (κ1) is 10.0. The average Bonchev–Trinajstić information content (AvgIpc) is 2.47. The molecule has 2 heterocycles. The van der Waals surface area contributed by atoms with E-state index in [1.165, 1.54) is 0 Å². The second-order valence-corrected chi connectivity index (χ2v) is 5.06. The van der Waals surface area contributed by atoms with Gasteiger partial charge in [0.15, 0.2) is 5.88 Å². The Hall–Kier alpha value is -1.51. The smallest absolute Gasteiger partial charge is 0.197 e. The maximum absolute atomic E-state index is 9.76. The molecule has 1 N–H and O–H groups in total. The van der Waals surface area contributed by atoms with Crippen LogP contribution < -0.4 is 0 Å². The predicted molar refractivity (Wildman–Crippen MR) is 60.0 cm³/mol. The van der Waals surface area contributed by atoms with Crippen LogP contribution >= 0.6 is 0 Å². The van der Waals surface area contributed by atoms with Crippen molar-refractivity contribution in [2.45, 2.75) is 27.2 Å². The number of pyridine rings is 1. The molecule has 3 heteroatoms. The number of rotatable bonds is 1. The Labute approximate surface area is 89.4 Å². The third-order valence-electron chi connectivity index (χ3n) is 2.29. The third-order valence-corrected chi connectivity index (χ3v) is 2.29. The lowest BCUT2D eigenvalue weighted by molar-refractivity contribution is 0.390. The maximum Gasteiger partial charge on any atom is 0.197 e. The van der Waals surface area contributed by atoms with E-state index in [0.717, 1.165) is 17.8 Å². The quantitative estimate of drug-likeness (QED) is 0.775. The van der Waals surface area contributed by atoms with Crippen LogP contribution in [0.4, 0.5) is 0 Å². The number of aromatic nitrogens is 2. The fourth-order valence-electron chi connectivity index (χ4n) is 1.69. The van der Waals surface area contributed by atoms with E-state index in [9.17, 15) is 5.11 Å². The molecule has 2 aromatic heterocycles. The zero-order chi connectivity index (χ0) is 11.1. The molecule has 2 rings (SSSR count). The van der Waals surface area contributed by atoms with Crippen molar-refractivity contribution in [2.75, 3.05) is 0 Å².